The Hall–Kier alpha value is -0.0400. The van der Waals surface area contributed by atoms with Crippen molar-refractivity contribution in [3.05, 3.63) is 0 Å². The predicted molar refractivity (Wildman–Crippen MR) is 72.7 cm³/mol. The molecule has 0 radical (unpaired) electrons. The molecule has 0 aromatic heterocycles. The fourth-order valence-electron chi connectivity index (χ4n) is 5.08. The van der Waals surface area contributed by atoms with E-state index >= 15 is 0 Å². The Balaban J connectivity index is 3.20. The molecule has 2 unspecified atom stereocenters. The van der Waals surface area contributed by atoms with Gasteiger partial charge in [0.25, 0.3) is 0 Å². The molecule has 1 rings (SSSR count). The summed E-state index contributed by atoms with van der Waals surface area (Å²) in [6.45, 7) is 14.4. The summed E-state index contributed by atoms with van der Waals surface area (Å²) in [7, 11) is 4.52. The van der Waals surface area contributed by atoms with Crippen molar-refractivity contribution in [3.63, 3.8) is 0 Å². The minimum atomic E-state index is 0.405. The van der Waals surface area contributed by atoms with Gasteiger partial charge in [-0.2, -0.15) is 0 Å². The Morgan fingerprint density at radius 2 is 1.38 bits per heavy atom. The first-order valence-corrected chi connectivity index (χ1v) is 6.91. The highest BCUT2D eigenvalue weighted by molar-refractivity contribution is 5.28. The highest BCUT2D eigenvalue weighted by Gasteiger charge is 2.77. The van der Waals surface area contributed by atoms with Gasteiger partial charge < -0.3 is 4.90 Å². The smallest absolute Gasteiger partial charge is 0.0219 e. The average Bonchev–Trinajstić information content (AvgIpc) is 2.81. The quantitative estimate of drug-likeness (QED) is 0.694. The molecule has 2 atom stereocenters. The van der Waals surface area contributed by atoms with Crippen molar-refractivity contribution in [2.45, 2.75) is 66.8 Å². The van der Waals surface area contributed by atoms with Gasteiger partial charge in [0.05, 0.1) is 0 Å². The lowest BCUT2D eigenvalue weighted by molar-refractivity contribution is 0.127. The lowest BCUT2D eigenvalue weighted by atomic mass is 9.69. The lowest BCUT2D eigenvalue weighted by Crippen LogP contribution is -2.31. The fraction of sp³-hybridized carbons (Fsp3) is 1.00. The van der Waals surface area contributed by atoms with Crippen molar-refractivity contribution in [2.24, 2.45) is 16.2 Å². The second kappa shape index (κ2) is 4.01. The van der Waals surface area contributed by atoms with Gasteiger partial charge in [-0.05, 0) is 49.6 Å². The van der Waals surface area contributed by atoms with Crippen molar-refractivity contribution in [1.82, 2.24) is 4.90 Å². The molecule has 0 amide bonds. The molecule has 1 aliphatic carbocycles. The molecule has 0 aliphatic heterocycles. The van der Waals surface area contributed by atoms with Crippen LogP contribution in [0.4, 0.5) is 0 Å². The largest absolute Gasteiger partial charge is 0.305 e. The molecular weight excluding hydrogens is 194 g/mol. The van der Waals surface area contributed by atoms with Crippen LogP contribution in [0.5, 0.6) is 0 Å². The van der Waals surface area contributed by atoms with Crippen LogP contribution in [-0.2, 0) is 0 Å². The van der Waals surface area contributed by atoms with Crippen molar-refractivity contribution in [2.75, 3.05) is 14.1 Å². The van der Waals surface area contributed by atoms with Crippen LogP contribution >= 0.6 is 0 Å². The molecule has 16 heavy (non-hydrogen) atoms. The molecule has 0 heterocycles. The first kappa shape index (κ1) is 14.0. The summed E-state index contributed by atoms with van der Waals surface area (Å²) in [6, 6.07) is 0.764. The lowest BCUT2D eigenvalue weighted by Gasteiger charge is -2.36. The summed E-state index contributed by atoms with van der Waals surface area (Å²) in [4.78, 5) is 2.47. The van der Waals surface area contributed by atoms with Gasteiger partial charge in [-0.25, -0.2) is 0 Å². The number of rotatable bonds is 4. The molecular formula is C15H31N. The van der Waals surface area contributed by atoms with Crippen LogP contribution in [-0.4, -0.2) is 25.0 Å². The Morgan fingerprint density at radius 3 is 1.44 bits per heavy atom. The normalized spacial score (nSPS) is 33.2. The van der Waals surface area contributed by atoms with Crippen LogP contribution in [0.3, 0.4) is 0 Å². The van der Waals surface area contributed by atoms with Gasteiger partial charge in [0.1, 0.15) is 0 Å². The maximum absolute atomic E-state index is 2.47. The highest BCUT2D eigenvalue weighted by Crippen LogP contribution is 2.77. The van der Waals surface area contributed by atoms with E-state index in [0.717, 1.165) is 6.04 Å². The summed E-state index contributed by atoms with van der Waals surface area (Å²) in [5.41, 5.74) is 1.46. The second-order valence-electron chi connectivity index (χ2n) is 6.80. The molecule has 0 saturated heterocycles. The predicted octanol–water partition coefficient (Wildman–Crippen LogP) is 4.18. The standard InChI is InChI=1S/C15H31N/c1-9-14(10-2)12(16(7)8)15(14,11-3)13(4,5)6/h12H,9-11H2,1-8H3. The van der Waals surface area contributed by atoms with E-state index in [0.29, 0.717) is 16.2 Å². The highest BCUT2D eigenvalue weighted by atomic mass is 15.2. The Labute approximate surface area is 103 Å². The second-order valence-corrected chi connectivity index (χ2v) is 6.80. The van der Waals surface area contributed by atoms with Gasteiger partial charge in [0.15, 0.2) is 0 Å². The van der Waals surface area contributed by atoms with Crippen LogP contribution in [0.15, 0.2) is 0 Å². The van der Waals surface area contributed by atoms with E-state index in [9.17, 15) is 0 Å². The fourth-order valence-corrected chi connectivity index (χ4v) is 5.08. The van der Waals surface area contributed by atoms with Crippen molar-refractivity contribution in [1.29, 1.82) is 0 Å². The van der Waals surface area contributed by atoms with E-state index in [1.54, 1.807) is 0 Å². The van der Waals surface area contributed by atoms with Gasteiger partial charge in [-0.15, -0.1) is 0 Å². The maximum Gasteiger partial charge on any atom is 0.0219 e. The van der Waals surface area contributed by atoms with Crippen molar-refractivity contribution in [3.8, 4) is 0 Å². The van der Waals surface area contributed by atoms with E-state index in [1.165, 1.54) is 19.3 Å². The Bertz CT molecular complexity index is 245. The molecule has 0 spiro atoms. The van der Waals surface area contributed by atoms with Gasteiger partial charge in [0.2, 0.25) is 0 Å². The zero-order valence-corrected chi connectivity index (χ0v) is 12.6. The number of hydrogen-bond acceptors (Lipinski definition) is 1. The van der Waals surface area contributed by atoms with E-state index < -0.39 is 0 Å². The molecule has 1 saturated carbocycles. The van der Waals surface area contributed by atoms with E-state index in [1.807, 2.05) is 0 Å². The monoisotopic (exact) mass is 225 g/mol. The zero-order chi connectivity index (χ0) is 12.8. The Morgan fingerprint density at radius 1 is 0.938 bits per heavy atom. The minimum Gasteiger partial charge on any atom is -0.305 e. The van der Waals surface area contributed by atoms with Crippen LogP contribution in [0.2, 0.25) is 0 Å². The number of nitrogens with zero attached hydrogens (tertiary/aromatic N) is 1. The molecule has 1 heteroatoms. The molecule has 1 aliphatic rings. The van der Waals surface area contributed by atoms with Crippen molar-refractivity contribution < 1.29 is 0 Å². The molecule has 0 N–H and O–H groups in total. The van der Waals surface area contributed by atoms with Gasteiger partial charge in [0, 0.05) is 6.04 Å². The van der Waals surface area contributed by atoms with E-state index in [4.69, 9.17) is 0 Å². The first-order valence-electron chi connectivity index (χ1n) is 6.91. The Kier molecular flexibility index (Phi) is 3.52. The third-order valence-electron chi connectivity index (χ3n) is 5.47. The third-order valence-corrected chi connectivity index (χ3v) is 5.47. The maximum atomic E-state index is 2.47. The van der Waals surface area contributed by atoms with Crippen LogP contribution < -0.4 is 0 Å². The van der Waals surface area contributed by atoms with Crippen LogP contribution in [0, 0.1) is 16.2 Å². The SMILES string of the molecule is CCC1(CC)C(N(C)C)C1(CC)C(C)(C)C. The molecule has 0 aromatic carbocycles. The van der Waals surface area contributed by atoms with E-state index in [2.05, 4.69) is 60.5 Å². The van der Waals surface area contributed by atoms with Crippen LogP contribution in [0.1, 0.15) is 60.8 Å². The van der Waals surface area contributed by atoms with Gasteiger partial charge in [-0.3, -0.25) is 0 Å². The molecule has 1 nitrogen and oxygen atoms in total. The summed E-state index contributed by atoms with van der Waals surface area (Å²) in [5.74, 6) is 0. The topological polar surface area (TPSA) is 3.24 Å². The number of hydrogen-bond donors (Lipinski definition) is 0. The zero-order valence-electron chi connectivity index (χ0n) is 12.6. The molecule has 1 fully saturated rings. The summed E-state index contributed by atoms with van der Waals surface area (Å²) in [5, 5.41) is 0. The molecule has 0 aromatic rings. The first-order chi connectivity index (χ1) is 7.25. The average molecular weight is 225 g/mol. The van der Waals surface area contributed by atoms with Crippen molar-refractivity contribution >= 4 is 0 Å². The van der Waals surface area contributed by atoms with Crippen LogP contribution in [0.25, 0.3) is 0 Å². The van der Waals surface area contributed by atoms with Gasteiger partial charge in [-0.1, -0.05) is 41.5 Å². The third kappa shape index (κ3) is 1.40. The summed E-state index contributed by atoms with van der Waals surface area (Å²) < 4.78 is 0. The summed E-state index contributed by atoms with van der Waals surface area (Å²) in [6.07, 6.45) is 3.94. The molecule has 0 bridgehead atoms. The minimum absolute atomic E-state index is 0.405. The molecule has 96 valence electrons. The van der Waals surface area contributed by atoms with Gasteiger partial charge >= 0.3 is 0 Å². The van der Waals surface area contributed by atoms with E-state index in [-0.39, 0.29) is 0 Å². The summed E-state index contributed by atoms with van der Waals surface area (Å²) >= 11 is 0.